The molecular formula is C18H14N4O2. The largest absolute Gasteiger partial charge is 0.462 e. The number of aromatic nitrogens is 3. The fraction of sp³-hybridized carbons (Fsp3) is 0.111. The molecule has 3 rings (SSSR count). The van der Waals surface area contributed by atoms with Crippen molar-refractivity contribution in [3.05, 3.63) is 77.6 Å². The van der Waals surface area contributed by atoms with E-state index in [-0.39, 0.29) is 12.6 Å². The second-order valence-electron chi connectivity index (χ2n) is 5.05. The molecule has 0 saturated heterocycles. The van der Waals surface area contributed by atoms with E-state index in [9.17, 15) is 4.79 Å². The quantitative estimate of drug-likeness (QED) is 0.675. The van der Waals surface area contributed by atoms with Crippen LogP contribution in [0.25, 0.3) is 5.69 Å². The van der Waals surface area contributed by atoms with Gasteiger partial charge in [-0.25, -0.2) is 9.48 Å². The fourth-order valence-electron chi connectivity index (χ4n) is 2.23. The highest BCUT2D eigenvalue weighted by Crippen LogP contribution is 2.11. The normalized spacial score (nSPS) is 10.1. The number of esters is 1. The second kappa shape index (κ2) is 7.20. The van der Waals surface area contributed by atoms with E-state index in [4.69, 9.17) is 10.00 Å². The van der Waals surface area contributed by atoms with Crippen LogP contribution in [0.5, 0.6) is 0 Å². The van der Waals surface area contributed by atoms with Crippen molar-refractivity contribution in [1.29, 1.82) is 5.26 Å². The standard InChI is InChI=1S/C18H14N4O2/c19-12-14-6-8-16(9-7-14)22-17(13-20-21-22)10-11-24-18(23)15-4-2-1-3-5-15/h1-9,13H,10-11H2. The van der Waals surface area contributed by atoms with Gasteiger partial charge in [0, 0.05) is 6.42 Å². The molecule has 0 bridgehead atoms. The second-order valence-corrected chi connectivity index (χ2v) is 5.05. The molecule has 0 unspecified atom stereocenters. The maximum Gasteiger partial charge on any atom is 0.338 e. The van der Waals surface area contributed by atoms with E-state index in [1.165, 1.54) is 0 Å². The Labute approximate surface area is 138 Å². The molecule has 6 nitrogen and oxygen atoms in total. The average molecular weight is 318 g/mol. The molecule has 1 heterocycles. The third kappa shape index (κ3) is 3.47. The van der Waals surface area contributed by atoms with Crippen LogP contribution in [0.2, 0.25) is 0 Å². The smallest absolute Gasteiger partial charge is 0.338 e. The molecular weight excluding hydrogens is 304 g/mol. The van der Waals surface area contributed by atoms with Crippen LogP contribution in [0, 0.1) is 11.3 Å². The van der Waals surface area contributed by atoms with Crippen LogP contribution in [-0.4, -0.2) is 27.6 Å². The molecule has 0 aliphatic heterocycles. The van der Waals surface area contributed by atoms with E-state index < -0.39 is 0 Å². The highest BCUT2D eigenvalue weighted by Gasteiger charge is 2.09. The first-order valence-electron chi connectivity index (χ1n) is 7.40. The molecule has 24 heavy (non-hydrogen) atoms. The average Bonchev–Trinajstić information content (AvgIpc) is 3.11. The summed E-state index contributed by atoms with van der Waals surface area (Å²) in [7, 11) is 0. The zero-order chi connectivity index (χ0) is 16.8. The summed E-state index contributed by atoms with van der Waals surface area (Å²) in [5.41, 5.74) is 2.73. The number of ether oxygens (including phenoxy) is 1. The maximum atomic E-state index is 11.9. The summed E-state index contributed by atoms with van der Waals surface area (Å²) < 4.78 is 6.94. The first-order chi connectivity index (χ1) is 11.8. The van der Waals surface area contributed by atoms with Crippen LogP contribution in [-0.2, 0) is 11.2 Å². The van der Waals surface area contributed by atoms with E-state index in [1.54, 1.807) is 59.4 Å². The Morgan fingerprint density at radius 1 is 1.12 bits per heavy atom. The highest BCUT2D eigenvalue weighted by atomic mass is 16.5. The lowest BCUT2D eigenvalue weighted by atomic mass is 10.2. The van der Waals surface area contributed by atoms with Gasteiger partial charge < -0.3 is 4.74 Å². The highest BCUT2D eigenvalue weighted by molar-refractivity contribution is 5.89. The molecule has 0 saturated carbocycles. The number of benzene rings is 2. The molecule has 0 fully saturated rings. The van der Waals surface area contributed by atoms with Crippen molar-refractivity contribution in [2.24, 2.45) is 0 Å². The summed E-state index contributed by atoms with van der Waals surface area (Å²) in [5.74, 6) is -0.354. The molecule has 1 aromatic heterocycles. The third-order valence-corrected chi connectivity index (χ3v) is 3.46. The number of nitriles is 1. The van der Waals surface area contributed by atoms with Gasteiger partial charge in [0.1, 0.15) is 0 Å². The van der Waals surface area contributed by atoms with E-state index in [1.807, 2.05) is 6.07 Å². The van der Waals surface area contributed by atoms with E-state index in [2.05, 4.69) is 16.4 Å². The zero-order valence-electron chi connectivity index (χ0n) is 12.8. The summed E-state index contributed by atoms with van der Waals surface area (Å²) in [6, 6.07) is 18.0. The number of hydrogen-bond acceptors (Lipinski definition) is 5. The van der Waals surface area contributed by atoms with Crippen LogP contribution in [0.1, 0.15) is 21.6 Å². The first-order valence-corrected chi connectivity index (χ1v) is 7.40. The lowest BCUT2D eigenvalue weighted by molar-refractivity contribution is 0.0508. The number of nitrogens with zero attached hydrogens (tertiary/aromatic N) is 4. The van der Waals surface area contributed by atoms with Crippen LogP contribution < -0.4 is 0 Å². The molecule has 0 atom stereocenters. The van der Waals surface area contributed by atoms with Gasteiger partial charge in [0.15, 0.2) is 0 Å². The van der Waals surface area contributed by atoms with Crippen molar-refractivity contribution in [3.63, 3.8) is 0 Å². The van der Waals surface area contributed by atoms with Gasteiger partial charge in [0.05, 0.1) is 41.4 Å². The van der Waals surface area contributed by atoms with Gasteiger partial charge in [-0.3, -0.25) is 0 Å². The molecule has 0 aliphatic carbocycles. The van der Waals surface area contributed by atoms with Gasteiger partial charge in [-0.15, -0.1) is 5.10 Å². The molecule has 0 amide bonds. The Morgan fingerprint density at radius 3 is 2.58 bits per heavy atom. The predicted molar refractivity (Wildman–Crippen MR) is 86.5 cm³/mol. The molecule has 0 radical (unpaired) electrons. The maximum absolute atomic E-state index is 11.9. The molecule has 0 spiro atoms. The minimum atomic E-state index is -0.354. The summed E-state index contributed by atoms with van der Waals surface area (Å²) in [5, 5.41) is 16.8. The third-order valence-electron chi connectivity index (χ3n) is 3.46. The number of carbonyl (C=O) groups excluding carboxylic acids is 1. The van der Waals surface area contributed by atoms with Gasteiger partial charge in [-0.2, -0.15) is 5.26 Å². The van der Waals surface area contributed by atoms with Crippen molar-refractivity contribution in [3.8, 4) is 11.8 Å². The summed E-state index contributed by atoms with van der Waals surface area (Å²) in [4.78, 5) is 11.9. The van der Waals surface area contributed by atoms with Crippen molar-refractivity contribution in [2.75, 3.05) is 6.61 Å². The Bertz CT molecular complexity index is 864. The fourth-order valence-corrected chi connectivity index (χ4v) is 2.23. The van der Waals surface area contributed by atoms with Crippen LogP contribution in [0.15, 0.2) is 60.8 Å². The molecule has 0 N–H and O–H groups in total. The molecule has 3 aromatic rings. The van der Waals surface area contributed by atoms with Crippen molar-refractivity contribution in [2.45, 2.75) is 6.42 Å². The Morgan fingerprint density at radius 2 is 1.88 bits per heavy atom. The monoisotopic (exact) mass is 318 g/mol. The predicted octanol–water partition coefficient (Wildman–Crippen LogP) is 2.54. The Balaban J connectivity index is 1.63. The topological polar surface area (TPSA) is 80.8 Å². The van der Waals surface area contributed by atoms with Gasteiger partial charge in [0.25, 0.3) is 0 Å². The van der Waals surface area contributed by atoms with E-state index in [0.29, 0.717) is 17.5 Å². The zero-order valence-corrected chi connectivity index (χ0v) is 12.8. The first kappa shape index (κ1) is 15.4. The molecule has 2 aromatic carbocycles. The van der Waals surface area contributed by atoms with Crippen molar-refractivity contribution < 1.29 is 9.53 Å². The summed E-state index contributed by atoms with van der Waals surface area (Å²) >= 11 is 0. The van der Waals surface area contributed by atoms with Gasteiger partial charge in [-0.05, 0) is 36.4 Å². The number of hydrogen-bond donors (Lipinski definition) is 0. The van der Waals surface area contributed by atoms with Crippen molar-refractivity contribution in [1.82, 2.24) is 15.0 Å². The molecule has 0 aliphatic rings. The lowest BCUT2D eigenvalue weighted by Crippen LogP contribution is -2.10. The summed E-state index contributed by atoms with van der Waals surface area (Å²) in [6.45, 7) is 0.234. The van der Waals surface area contributed by atoms with Crippen molar-refractivity contribution >= 4 is 5.97 Å². The van der Waals surface area contributed by atoms with Crippen LogP contribution in [0.3, 0.4) is 0 Å². The van der Waals surface area contributed by atoms with Gasteiger partial charge in [-0.1, -0.05) is 23.4 Å². The number of carbonyl (C=O) groups is 1. The number of rotatable bonds is 5. The minimum Gasteiger partial charge on any atom is -0.462 e. The summed E-state index contributed by atoms with van der Waals surface area (Å²) in [6.07, 6.45) is 2.13. The lowest BCUT2D eigenvalue weighted by Gasteiger charge is -2.07. The molecule has 118 valence electrons. The Kier molecular flexibility index (Phi) is 4.63. The SMILES string of the molecule is N#Cc1ccc(-n2nncc2CCOC(=O)c2ccccc2)cc1. The Hall–Kier alpha value is -3.46. The molecule has 6 heteroatoms. The van der Waals surface area contributed by atoms with Crippen LogP contribution in [0.4, 0.5) is 0 Å². The van der Waals surface area contributed by atoms with E-state index >= 15 is 0 Å². The van der Waals surface area contributed by atoms with E-state index in [0.717, 1.165) is 11.4 Å². The van der Waals surface area contributed by atoms with Gasteiger partial charge >= 0.3 is 5.97 Å². The van der Waals surface area contributed by atoms with Gasteiger partial charge in [0.2, 0.25) is 0 Å². The minimum absolute atomic E-state index is 0.234. The van der Waals surface area contributed by atoms with Crippen LogP contribution >= 0.6 is 0 Å².